The first-order chi connectivity index (χ1) is 9.24. The zero-order chi connectivity index (χ0) is 17.8. The molecule has 0 aromatic carbocycles. The van der Waals surface area contributed by atoms with E-state index in [4.69, 9.17) is 20.4 Å². The lowest BCUT2D eigenvalue weighted by Gasteiger charge is -2.20. The Morgan fingerprint density at radius 3 is 1.29 bits per heavy atom. The van der Waals surface area contributed by atoms with E-state index in [0.29, 0.717) is 6.42 Å². The van der Waals surface area contributed by atoms with Crippen LogP contribution in [0.3, 0.4) is 0 Å². The molecule has 0 heterocycles. The van der Waals surface area contributed by atoms with Gasteiger partial charge in [-0.3, -0.25) is 0 Å². The maximum absolute atomic E-state index is 9.60. The van der Waals surface area contributed by atoms with E-state index in [9.17, 15) is 9.59 Å². The number of aliphatic hydroxyl groups excluding tert-OH is 2. The SMILES string of the molecule is C=C(C)C(=O)O.C=C(C)C(=O)O.CC(C)(C)CC(O)CO. The zero-order valence-electron chi connectivity index (χ0n) is 13.5. The molecule has 0 rings (SSSR count). The van der Waals surface area contributed by atoms with Crippen LogP contribution < -0.4 is 0 Å². The average molecular weight is 304 g/mol. The first-order valence-electron chi connectivity index (χ1n) is 6.31. The number of carbonyl (C=O) groups is 2. The monoisotopic (exact) mass is 304 g/mol. The van der Waals surface area contributed by atoms with E-state index in [1.54, 1.807) is 0 Å². The molecule has 0 saturated heterocycles. The number of carboxylic acids is 2. The Morgan fingerprint density at radius 2 is 1.24 bits per heavy atom. The van der Waals surface area contributed by atoms with Gasteiger partial charge < -0.3 is 20.4 Å². The van der Waals surface area contributed by atoms with Gasteiger partial charge in [0.05, 0.1) is 12.7 Å². The second kappa shape index (κ2) is 12.1. The molecule has 0 aliphatic heterocycles. The van der Waals surface area contributed by atoms with E-state index in [1.165, 1.54) is 13.8 Å². The molecule has 124 valence electrons. The Labute approximate surface area is 126 Å². The summed E-state index contributed by atoms with van der Waals surface area (Å²) in [5, 5.41) is 33.2. The molecule has 1 atom stereocenters. The largest absolute Gasteiger partial charge is 0.478 e. The van der Waals surface area contributed by atoms with Crippen LogP contribution >= 0.6 is 0 Å². The molecule has 6 nitrogen and oxygen atoms in total. The third-order valence-corrected chi connectivity index (χ3v) is 1.79. The molecular weight excluding hydrogens is 276 g/mol. The fourth-order valence-corrected chi connectivity index (χ4v) is 0.771. The summed E-state index contributed by atoms with van der Waals surface area (Å²) in [6.07, 6.45) is 0.105. The Balaban J connectivity index is -0.000000240. The Kier molecular flexibility index (Phi) is 14.0. The molecule has 0 saturated carbocycles. The minimum Gasteiger partial charge on any atom is -0.478 e. The normalized spacial score (nSPS) is 11.0. The van der Waals surface area contributed by atoms with E-state index in [1.807, 2.05) is 20.8 Å². The van der Waals surface area contributed by atoms with Crippen molar-refractivity contribution in [1.29, 1.82) is 0 Å². The van der Waals surface area contributed by atoms with Crippen LogP contribution in [-0.4, -0.2) is 45.1 Å². The van der Waals surface area contributed by atoms with Gasteiger partial charge >= 0.3 is 11.9 Å². The molecule has 0 aromatic rings. The fraction of sp³-hybridized carbons (Fsp3) is 0.600. The molecule has 0 radical (unpaired) electrons. The van der Waals surface area contributed by atoms with Gasteiger partial charge in [-0.25, -0.2) is 9.59 Å². The highest BCUT2D eigenvalue weighted by atomic mass is 16.4. The van der Waals surface area contributed by atoms with Gasteiger partial charge in [-0.1, -0.05) is 33.9 Å². The Hall–Kier alpha value is -1.66. The van der Waals surface area contributed by atoms with Gasteiger partial charge in [0.1, 0.15) is 0 Å². The van der Waals surface area contributed by atoms with E-state index in [0.717, 1.165) is 0 Å². The van der Waals surface area contributed by atoms with Crippen molar-refractivity contribution in [2.45, 2.75) is 47.1 Å². The minimum atomic E-state index is -0.935. The lowest BCUT2D eigenvalue weighted by atomic mass is 9.89. The molecule has 0 aromatic heterocycles. The third kappa shape index (κ3) is 27.5. The van der Waals surface area contributed by atoms with Gasteiger partial charge in [-0.05, 0) is 25.7 Å². The van der Waals surface area contributed by atoms with Gasteiger partial charge in [-0.2, -0.15) is 0 Å². The molecule has 0 bridgehead atoms. The first kappa shape index (κ1) is 24.4. The zero-order valence-corrected chi connectivity index (χ0v) is 13.5. The lowest BCUT2D eigenvalue weighted by Crippen LogP contribution is -2.20. The molecule has 0 aliphatic rings. The molecule has 4 N–H and O–H groups in total. The predicted octanol–water partition coefficient (Wildman–Crippen LogP) is 2.07. The van der Waals surface area contributed by atoms with Crippen molar-refractivity contribution in [2.24, 2.45) is 5.41 Å². The topological polar surface area (TPSA) is 115 Å². The van der Waals surface area contributed by atoms with Crippen molar-refractivity contribution >= 4 is 11.9 Å². The second-order valence-electron chi connectivity index (χ2n) is 5.77. The standard InChI is InChI=1S/C7H16O2.2C4H6O2/c1-7(2,3)4-6(9)5-8;2*1-3(2)4(5)6/h6,8-9H,4-5H2,1-3H3;2*1H2,2H3,(H,5,6). The number of rotatable bonds is 4. The summed E-state index contributed by atoms with van der Waals surface area (Å²) in [4.78, 5) is 19.2. The van der Waals surface area contributed by atoms with Gasteiger partial charge in [0.2, 0.25) is 0 Å². The van der Waals surface area contributed by atoms with Crippen molar-refractivity contribution < 1.29 is 30.0 Å². The minimum absolute atomic E-state index is 0.113. The number of aliphatic hydroxyl groups is 2. The molecule has 0 fully saturated rings. The molecule has 0 spiro atoms. The summed E-state index contributed by atoms with van der Waals surface area (Å²) in [5.41, 5.74) is 0.465. The number of hydrogen-bond acceptors (Lipinski definition) is 4. The summed E-state index contributed by atoms with van der Waals surface area (Å²) in [6.45, 7) is 15.2. The van der Waals surface area contributed by atoms with Crippen LogP contribution in [0, 0.1) is 5.41 Å². The van der Waals surface area contributed by atoms with Crippen LogP contribution in [0.25, 0.3) is 0 Å². The Morgan fingerprint density at radius 1 is 1.00 bits per heavy atom. The van der Waals surface area contributed by atoms with Crippen molar-refractivity contribution in [3.8, 4) is 0 Å². The highest BCUT2D eigenvalue weighted by Gasteiger charge is 2.15. The molecule has 0 aliphatic carbocycles. The number of hydrogen-bond donors (Lipinski definition) is 4. The van der Waals surface area contributed by atoms with Crippen molar-refractivity contribution in [1.82, 2.24) is 0 Å². The van der Waals surface area contributed by atoms with E-state index < -0.39 is 18.0 Å². The summed E-state index contributed by atoms with van der Waals surface area (Å²) >= 11 is 0. The van der Waals surface area contributed by atoms with Crippen molar-refractivity contribution in [3.05, 3.63) is 24.3 Å². The molecule has 1 unspecified atom stereocenters. The second-order valence-corrected chi connectivity index (χ2v) is 5.77. The molecular formula is C15H28O6. The highest BCUT2D eigenvalue weighted by Crippen LogP contribution is 2.20. The first-order valence-corrected chi connectivity index (χ1v) is 6.31. The van der Waals surface area contributed by atoms with E-state index in [-0.39, 0.29) is 23.2 Å². The smallest absolute Gasteiger partial charge is 0.330 e. The van der Waals surface area contributed by atoms with Crippen LogP contribution in [0.4, 0.5) is 0 Å². The molecule has 6 heteroatoms. The summed E-state index contributed by atoms with van der Waals surface area (Å²) in [6, 6.07) is 0. The van der Waals surface area contributed by atoms with Gasteiger partial charge in [0.25, 0.3) is 0 Å². The summed E-state index contributed by atoms with van der Waals surface area (Å²) < 4.78 is 0. The number of carboxylic acid groups (broad SMARTS) is 2. The van der Waals surface area contributed by atoms with Crippen LogP contribution in [-0.2, 0) is 9.59 Å². The van der Waals surface area contributed by atoms with Gasteiger partial charge in [-0.15, -0.1) is 0 Å². The summed E-state index contributed by atoms with van der Waals surface area (Å²) in [5.74, 6) is -1.87. The quantitative estimate of drug-likeness (QED) is 0.591. The molecule has 0 amide bonds. The number of aliphatic carboxylic acids is 2. The third-order valence-electron chi connectivity index (χ3n) is 1.79. The maximum atomic E-state index is 9.60. The van der Waals surface area contributed by atoms with E-state index >= 15 is 0 Å². The predicted molar refractivity (Wildman–Crippen MR) is 82.1 cm³/mol. The van der Waals surface area contributed by atoms with Gasteiger partial charge in [0, 0.05) is 11.1 Å². The van der Waals surface area contributed by atoms with Crippen LogP contribution in [0.15, 0.2) is 24.3 Å². The van der Waals surface area contributed by atoms with E-state index in [2.05, 4.69) is 13.2 Å². The Bertz CT molecular complexity index is 304. The lowest BCUT2D eigenvalue weighted by molar-refractivity contribution is -0.133. The van der Waals surface area contributed by atoms with Crippen molar-refractivity contribution in [3.63, 3.8) is 0 Å². The van der Waals surface area contributed by atoms with Crippen LogP contribution in [0.1, 0.15) is 41.0 Å². The van der Waals surface area contributed by atoms with Crippen LogP contribution in [0.2, 0.25) is 0 Å². The van der Waals surface area contributed by atoms with Crippen LogP contribution in [0.5, 0.6) is 0 Å². The summed E-state index contributed by atoms with van der Waals surface area (Å²) in [7, 11) is 0. The fourth-order valence-electron chi connectivity index (χ4n) is 0.771. The average Bonchev–Trinajstić information content (AvgIpc) is 2.27. The van der Waals surface area contributed by atoms with Crippen molar-refractivity contribution in [2.75, 3.05) is 6.61 Å². The molecule has 21 heavy (non-hydrogen) atoms. The maximum Gasteiger partial charge on any atom is 0.330 e. The van der Waals surface area contributed by atoms with Gasteiger partial charge in [0.15, 0.2) is 0 Å². The highest BCUT2D eigenvalue weighted by molar-refractivity contribution is 5.85.